The molecule has 2 rings (SSSR count). The fraction of sp³-hybridized carbons (Fsp3) is 0.417. The van der Waals surface area contributed by atoms with Crippen LogP contribution in [0.1, 0.15) is 25.1 Å². The van der Waals surface area contributed by atoms with E-state index in [1.165, 1.54) is 5.56 Å². The first-order valence-electron chi connectivity index (χ1n) is 5.19. The summed E-state index contributed by atoms with van der Waals surface area (Å²) < 4.78 is 7.75. The maximum Gasteiger partial charge on any atom is 0.238 e. The highest BCUT2D eigenvalue weighted by molar-refractivity contribution is 5.59. The summed E-state index contributed by atoms with van der Waals surface area (Å²) in [5, 5.41) is 0. The molecule has 0 saturated heterocycles. The van der Waals surface area contributed by atoms with Crippen LogP contribution < -0.4 is 4.74 Å². The molecular formula is C12H16N2O. The average molecular weight is 204 g/mol. The number of rotatable bonds is 2. The number of hydrogen-bond acceptors (Lipinski definition) is 2. The van der Waals surface area contributed by atoms with Gasteiger partial charge in [-0.1, -0.05) is 0 Å². The Morgan fingerprint density at radius 2 is 2.00 bits per heavy atom. The minimum Gasteiger partial charge on any atom is -0.473 e. The highest BCUT2D eigenvalue weighted by atomic mass is 16.5. The SMILES string of the molecule is Cc1cc2c(OC(C)C)nc(C)cn2c1. The van der Waals surface area contributed by atoms with E-state index in [1.807, 2.05) is 27.0 Å². The van der Waals surface area contributed by atoms with Gasteiger partial charge < -0.3 is 9.14 Å². The molecule has 3 nitrogen and oxygen atoms in total. The maximum atomic E-state index is 5.69. The first kappa shape index (κ1) is 10.0. The van der Waals surface area contributed by atoms with Gasteiger partial charge in [-0.15, -0.1) is 0 Å². The third-order valence-electron chi connectivity index (χ3n) is 2.16. The van der Waals surface area contributed by atoms with Gasteiger partial charge in [0, 0.05) is 12.4 Å². The average Bonchev–Trinajstić information content (AvgIpc) is 2.44. The number of ether oxygens (including phenoxy) is 1. The number of aromatic nitrogens is 2. The summed E-state index contributed by atoms with van der Waals surface area (Å²) in [4.78, 5) is 4.41. The highest BCUT2D eigenvalue weighted by Gasteiger charge is 2.08. The van der Waals surface area contributed by atoms with Crippen molar-refractivity contribution < 1.29 is 4.74 Å². The van der Waals surface area contributed by atoms with Gasteiger partial charge in [-0.05, 0) is 39.3 Å². The maximum absolute atomic E-state index is 5.69. The lowest BCUT2D eigenvalue weighted by molar-refractivity contribution is 0.234. The molecular weight excluding hydrogens is 188 g/mol. The van der Waals surface area contributed by atoms with E-state index in [1.54, 1.807) is 0 Å². The van der Waals surface area contributed by atoms with Crippen LogP contribution in [0.25, 0.3) is 5.52 Å². The molecule has 0 radical (unpaired) electrons. The van der Waals surface area contributed by atoms with Gasteiger partial charge in [0.2, 0.25) is 5.88 Å². The fourth-order valence-electron chi connectivity index (χ4n) is 1.65. The van der Waals surface area contributed by atoms with Crippen molar-refractivity contribution in [1.82, 2.24) is 9.38 Å². The largest absolute Gasteiger partial charge is 0.473 e. The zero-order chi connectivity index (χ0) is 11.0. The summed E-state index contributed by atoms with van der Waals surface area (Å²) in [5.74, 6) is 0.720. The van der Waals surface area contributed by atoms with Crippen LogP contribution >= 0.6 is 0 Å². The predicted octanol–water partition coefficient (Wildman–Crippen LogP) is 2.74. The molecule has 0 fully saturated rings. The summed E-state index contributed by atoms with van der Waals surface area (Å²) in [6.45, 7) is 8.07. The lowest BCUT2D eigenvalue weighted by Gasteiger charge is -2.10. The van der Waals surface area contributed by atoms with Gasteiger partial charge in [0.05, 0.1) is 11.8 Å². The number of hydrogen-bond donors (Lipinski definition) is 0. The molecule has 0 aromatic carbocycles. The molecule has 80 valence electrons. The third kappa shape index (κ3) is 1.96. The molecule has 0 saturated carbocycles. The molecule has 0 amide bonds. The smallest absolute Gasteiger partial charge is 0.238 e. The van der Waals surface area contributed by atoms with Crippen molar-refractivity contribution in [3.63, 3.8) is 0 Å². The summed E-state index contributed by atoms with van der Waals surface area (Å²) in [6, 6.07) is 2.09. The van der Waals surface area contributed by atoms with Crippen LogP contribution in [-0.4, -0.2) is 15.5 Å². The number of nitrogens with zero attached hydrogens (tertiary/aromatic N) is 2. The Bertz CT molecular complexity index is 486. The molecule has 0 aliphatic heterocycles. The van der Waals surface area contributed by atoms with Crippen LogP contribution in [0, 0.1) is 13.8 Å². The van der Waals surface area contributed by atoms with Gasteiger partial charge in [-0.2, -0.15) is 0 Å². The topological polar surface area (TPSA) is 26.5 Å². The highest BCUT2D eigenvalue weighted by Crippen LogP contribution is 2.21. The number of fused-ring (bicyclic) bond motifs is 1. The summed E-state index contributed by atoms with van der Waals surface area (Å²) in [5.41, 5.74) is 3.22. The van der Waals surface area contributed by atoms with Crippen molar-refractivity contribution >= 4 is 5.52 Å². The molecule has 3 heteroatoms. The van der Waals surface area contributed by atoms with Crippen molar-refractivity contribution in [3.8, 4) is 5.88 Å². The second-order valence-corrected chi connectivity index (χ2v) is 4.16. The van der Waals surface area contributed by atoms with E-state index in [9.17, 15) is 0 Å². The Hall–Kier alpha value is -1.51. The van der Waals surface area contributed by atoms with Crippen LogP contribution in [0.15, 0.2) is 18.5 Å². The van der Waals surface area contributed by atoms with E-state index in [2.05, 4.69) is 28.6 Å². The van der Waals surface area contributed by atoms with Crippen molar-refractivity contribution in [1.29, 1.82) is 0 Å². The minimum absolute atomic E-state index is 0.151. The zero-order valence-electron chi connectivity index (χ0n) is 9.61. The normalized spacial score (nSPS) is 11.3. The monoisotopic (exact) mass is 204 g/mol. The van der Waals surface area contributed by atoms with Crippen LogP contribution in [0.3, 0.4) is 0 Å². The van der Waals surface area contributed by atoms with E-state index in [0.717, 1.165) is 17.1 Å². The Morgan fingerprint density at radius 1 is 1.27 bits per heavy atom. The van der Waals surface area contributed by atoms with E-state index >= 15 is 0 Å². The van der Waals surface area contributed by atoms with Crippen LogP contribution in [0.5, 0.6) is 5.88 Å². The Labute approximate surface area is 89.7 Å². The molecule has 0 aliphatic rings. The van der Waals surface area contributed by atoms with Crippen molar-refractivity contribution in [2.75, 3.05) is 0 Å². The van der Waals surface area contributed by atoms with Crippen molar-refractivity contribution in [2.45, 2.75) is 33.8 Å². The van der Waals surface area contributed by atoms with E-state index in [-0.39, 0.29) is 6.10 Å². The molecule has 2 aromatic heterocycles. The molecule has 15 heavy (non-hydrogen) atoms. The number of aryl methyl sites for hydroxylation is 2. The van der Waals surface area contributed by atoms with Crippen molar-refractivity contribution in [3.05, 3.63) is 29.7 Å². The van der Waals surface area contributed by atoms with E-state index in [0.29, 0.717) is 0 Å². The molecule has 2 heterocycles. The van der Waals surface area contributed by atoms with Gasteiger partial charge in [-0.3, -0.25) is 0 Å². The molecule has 0 atom stereocenters. The predicted molar refractivity (Wildman–Crippen MR) is 60.4 cm³/mol. The molecule has 0 aliphatic carbocycles. The second kappa shape index (κ2) is 3.57. The van der Waals surface area contributed by atoms with Gasteiger partial charge in [-0.25, -0.2) is 4.98 Å². The second-order valence-electron chi connectivity index (χ2n) is 4.16. The molecule has 0 N–H and O–H groups in total. The summed E-state index contributed by atoms with van der Waals surface area (Å²) >= 11 is 0. The van der Waals surface area contributed by atoms with Gasteiger partial charge in [0.1, 0.15) is 5.52 Å². The fourth-order valence-corrected chi connectivity index (χ4v) is 1.65. The van der Waals surface area contributed by atoms with Gasteiger partial charge in [0.15, 0.2) is 0 Å². The first-order chi connectivity index (χ1) is 7.06. The molecule has 2 aromatic rings. The van der Waals surface area contributed by atoms with E-state index < -0.39 is 0 Å². The first-order valence-corrected chi connectivity index (χ1v) is 5.19. The Morgan fingerprint density at radius 3 is 2.67 bits per heavy atom. The van der Waals surface area contributed by atoms with Crippen molar-refractivity contribution in [2.24, 2.45) is 0 Å². The van der Waals surface area contributed by atoms with Gasteiger partial charge >= 0.3 is 0 Å². The Balaban J connectivity index is 2.59. The minimum atomic E-state index is 0.151. The lowest BCUT2D eigenvalue weighted by atomic mass is 10.3. The van der Waals surface area contributed by atoms with Crippen LogP contribution in [0.2, 0.25) is 0 Å². The van der Waals surface area contributed by atoms with Crippen LogP contribution in [-0.2, 0) is 0 Å². The quantitative estimate of drug-likeness (QED) is 0.752. The zero-order valence-corrected chi connectivity index (χ0v) is 9.61. The Kier molecular flexibility index (Phi) is 2.39. The standard InChI is InChI=1S/C12H16N2O/c1-8(2)15-12-11-5-9(3)6-14(11)7-10(4)13-12/h5-8H,1-4H3. The molecule has 0 bridgehead atoms. The summed E-state index contributed by atoms with van der Waals surface area (Å²) in [7, 11) is 0. The lowest BCUT2D eigenvalue weighted by Crippen LogP contribution is -2.08. The molecule has 0 unspecified atom stereocenters. The summed E-state index contributed by atoms with van der Waals surface area (Å²) in [6.07, 6.45) is 4.24. The molecule has 0 spiro atoms. The van der Waals surface area contributed by atoms with Crippen LogP contribution in [0.4, 0.5) is 0 Å². The van der Waals surface area contributed by atoms with E-state index in [4.69, 9.17) is 4.74 Å². The van der Waals surface area contributed by atoms with Gasteiger partial charge in [0.25, 0.3) is 0 Å². The third-order valence-corrected chi connectivity index (χ3v) is 2.16.